The van der Waals surface area contributed by atoms with Gasteiger partial charge in [-0.2, -0.15) is 0 Å². The molecule has 1 saturated carbocycles. The number of aromatic nitrogens is 1. The molecule has 2 aromatic rings. The fourth-order valence-electron chi connectivity index (χ4n) is 1.85. The van der Waals surface area contributed by atoms with E-state index in [0.29, 0.717) is 0 Å². The molecular weight excluding hydrogens is 194 g/mol. The molecule has 0 radical (unpaired) electrons. The number of benzene rings is 1. The van der Waals surface area contributed by atoms with Crippen LogP contribution < -0.4 is 0 Å². The molecule has 1 aromatic carbocycles. The van der Waals surface area contributed by atoms with Crippen LogP contribution in [0.15, 0.2) is 36.7 Å². The third kappa shape index (κ3) is 1.12. The first-order chi connectivity index (χ1) is 6.80. The van der Waals surface area contributed by atoms with Crippen molar-refractivity contribution in [2.24, 2.45) is 0 Å². The minimum Gasteiger partial charge on any atom is -0.264 e. The number of hydrogen-bond acceptors (Lipinski definition) is 1. The second kappa shape index (κ2) is 2.71. The van der Waals surface area contributed by atoms with Crippen molar-refractivity contribution in [2.75, 3.05) is 0 Å². The lowest BCUT2D eigenvalue weighted by Crippen LogP contribution is -1.97. The van der Waals surface area contributed by atoms with E-state index in [2.05, 4.69) is 23.2 Å². The third-order valence-electron chi connectivity index (χ3n) is 2.84. The molecule has 0 unspecified atom stereocenters. The van der Waals surface area contributed by atoms with Crippen molar-refractivity contribution in [2.45, 2.75) is 17.7 Å². The van der Waals surface area contributed by atoms with E-state index >= 15 is 0 Å². The predicted octanol–water partition coefficient (Wildman–Crippen LogP) is 3.46. The summed E-state index contributed by atoms with van der Waals surface area (Å²) in [5.41, 5.74) is 1.19. The molecule has 70 valence electrons. The summed E-state index contributed by atoms with van der Waals surface area (Å²) < 4.78 is 0. The summed E-state index contributed by atoms with van der Waals surface area (Å²) in [6.07, 6.45) is 5.94. The van der Waals surface area contributed by atoms with Crippen molar-refractivity contribution in [1.82, 2.24) is 4.98 Å². The molecule has 3 rings (SSSR count). The van der Waals surface area contributed by atoms with Crippen LogP contribution in [0.1, 0.15) is 18.4 Å². The fraction of sp³-hybridized carbons (Fsp3) is 0.250. The van der Waals surface area contributed by atoms with E-state index in [4.69, 9.17) is 11.6 Å². The molecule has 1 aliphatic carbocycles. The predicted molar refractivity (Wildman–Crippen MR) is 58.5 cm³/mol. The summed E-state index contributed by atoms with van der Waals surface area (Å²) in [6, 6.07) is 8.28. The molecular formula is C12H10ClN. The van der Waals surface area contributed by atoms with Crippen molar-refractivity contribution < 1.29 is 0 Å². The van der Waals surface area contributed by atoms with Gasteiger partial charge < -0.3 is 0 Å². The Morgan fingerprint density at radius 1 is 1.14 bits per heavy atom. The van der Waals surface area contributed by atoms with Crippen LogP contribution in [0.25, 0.3) is 10.8 Å². The van der Waals surface area contributed by atoms with Crippen LogP contribution in [0, 0.1) is 0 Å². The molecule has 0 bridgehead atoms. The smallest absolute Gasteiger partial charge is 0.0717 e. The number of nitrogens with zero attached hydrogens (tertiary/aromatic N) is 1. The first kappa shape index (κ1) is 8.25. The van der Waals surface area contributed by atoms with Crippen molar-refractivity contribution in [3.8, 4) is 0 Å². The van der Waals surface area contributed by atoms with Crippen molar-refractivity contribution in [1.29, 1.82) is 0 Å². The maximum absolute atomic E-state index is 6.41. The largest absolute Gasteiger partial charge is 0.264 e. The Hall–Kier alpha value is -1.08. The van der Waals surface area contributed by atoms with Gasteiger partial charge in [-0.05, 0) is 23.8 Å². The van der Waals surface area contributed by atoms with Gasteiger partial charge in [-0.3, -0.25) is 4.98 Å². The lowest BCUT2D eigenvalue weighted by atomic mass is 10.0. The summed E-state index contributed by atoms with van der Waals surface area (Å²) in [6.45, 7) is 0. The Morgan fingerprint density at radius 3 is 2.71 bits per heavy atom. The van der Waals surface area contributed by atoms with E-state index in [1.807, 2.05) is 18.5 Å². The molecule has 0 N–H and O–H groups in total. The van der Waals surface area contributed by atoms with Crippen LogP contribution in [-0.2, 0) is 4.87 Å². The highest BCUT2D eigenvalue weighted by atomic mass is 35.5. The van der Waals surface area contributed by atoms with Gasteiger partial charge in [0.25, 0.3) is 0 Å². The number of fused-ring (bicyclic) bond motifs is 1. The number of rotatable bonds is 1. The molecule has 2 heteroatoms. The highest BCUT2D eigenvalue weighted by Crippen LogP contribution is 2.53. The van der Waals surface area contributed by atoms with Crippen molar-refractivity contribution in [3.63, 3.8) is 0 Å². The number of alkyl halides is 1. The van der Waals surface area contributed by atoms with E-state index in [-0.39, 0.29) is 4.87 Å². The zero-order valence-corrected chi connectivity index (χ0v) is 8.46. The van der Waals surface area contributed by atoms with Gasteiger partial charge in [0.2, 0.25) is 0 Å². The molecule has 1 nitrogen and oxygen atoms in total. The summed E-state index contributed by atoms with van der Waals surface area (Å²) in [5, 5.41) is 2.42. The van der Waals surface area contributed by atoms with Gasteiger partial charge in [0.05, 0.1) is 4.87 Å². The Morgan fingerprint density at radius 2 is 1.93 bits per heavy atom. The molecule has 0 amide bonds. The van der Waals surface area contributed by atoms with Crippen LogP contribution in [0.2, 0.25) is 0 Å². The Kier molecular flexibility index (Phi) is 1.59. The molecule has 1 fully saturated rings. The first-order valence-electron chi connectivity index (χ1n) is 4.82. The number of pyridine rings is 1. The summed E-state index contributed by atoms with van der Waals surface area (Å²) in [7, 11) is 0. The van der Waals surface area contributed by atoms with Crippen LogP contribution in [0.5, 0.6) is 0 Å². The monoisotopic (exact) mass is 203 g/mol. The topological polar surface area (TPSA) is 12.9 Å². The maximum Gasteiger partial charge on any atom is 0.0717 e. The van der Waals surface area contributed by atoms with Gasteiger partial charge in [0, 0.05) is 17.8 Å². The van der Waals surface area contributed by atoms with E-state index < -0.39 is 0 Å². The van der Waals surface area contributed by atoms with Gasteiger partial charge in [0.15, 0.2) is 0 Å². The molecule has 1 aromatic heterocycles. The van der Waals surface area contributed by atoms with E-state index in [1.54, 1.807) is 0 Å². The Balaban J connectivity index is 2.33. The highest BCUT2D eigenvalue weighted by Gasteiger charge is 2.43. The third-order valence-corrected chi connectivity index (χ3v) is 3.42. The summed E-state index contributed by atoms with van der Waals surface area (Å²) >= 11 is 6.41. The summed E-state index contributed by atoms with van der Waals surface area (Å²) in [5.74, 6) is 0. The Bertz CT molecular complexity index is 483. The summed E-state index contributed by atoms with van der Waals surface area (Å²) in [4.78, 5) is 4.12. The maximum atomic E-state index is 6.41. The lowest BCUT2D eigenvalue weighted by Gasteiger charge is -2.09. The standard InChI is InChI=1S/C12H10ClN/c13-12(5-6-12)11-8-14-7-9-3-1-2-4-10(9)11/h1-4,7-8H,5-6H2. The SMILES string of the molecule is ClC1(c2cncc3ccccc23)CC1. The van der Waals surface area contributed by atoms with Gasteiger partial charge in [0.1, 0.15) is 0 Å². The minimum atomic E-state index is -0.117. The zero-order valence-electron chi connectivity index (χ0n) is 7.70. The average molecular weight is 204 g/mol. The molecule has 0 saturated heterocycles. The van der Waals surface area contributed by atoms with Crippen LogP contribution in [0.3, 0.4) is 0 Å². The first-order valence-corrected chi connectivity index (χ1v) is 5.20. The van der Waals surface area contributed by atoms with Crippen LogP contribution in [0.4, 0.5) is 0 Å². The molecule has 1 aliphatic rings. The van der Waals surface area contributed by atoms with E-state index in [1.165, 1.54) is 16.3 Å². The van der Waals surface area contributed by atoms with Crippen molar-refractivity contribution in [3.05, 3.63) is 42.2 Å². The van der Waals surface area contributed by atoms with Crippen LogP contribution in [-0.4, -0.2) is 4.98 Å². The molecule has 1 heterocycles. The zero-order chi connectivity index (χ0) is 9.60. The second-order valence-electron chi connectivity index (χ2n) is 3.87. The van der Waals surface area contributed by atoms with Gasteiger partial charge in [-0.25, -0.2) is 0 Å². The highest BCUT2D eigenvalue weighted by molar-refractivity contribution is 6.26. The molecule has 14 heavy (non-hydrogen) atoms. The van der Waals surface area contributed by atoms with Gasteiger partial charge in [-0.1, -0.05) is 24.3 Å². The van der Waals surface area contributed by atoms with Gasteiger partial charge in [-0.15, -0.1) is 11.6 Å². The molecule has 0 aliphatic heterocycles. The number of hydrogen-bond donors (Lipinski definition) is 0. The van der Waals surface area contributed by atoms with Gasteiger partial charge >= 0.3 is 0 Å². The fourth-order valence-corrected chi connectivity index (χ4v) is 2.10. The molecule has 0 atom stereocenters. The lowest BCUT2D eigenvalue weighted by molar-refractivity contribution is 1.01. The number of halogens is 1. The quantitative estimate of drug-likeness (QED) is 0.647. The Labute approximate surface area is 87.7 Å². The normalized spacial score (nSPS) is 18.4. The van der Waals surface area contributed by atoms with E-state index in [0.717, 1.165) is 12.8 Å². The van der Waals surface area contributed by atoms with Crippen molar-refractivity contribution >= 4 is 22.4 Å². The van der Waals surface area contributed by atoms with Crippen LogP contribution >= 0.6 is 11.6 Å². The molecule has 0 spiro atoms. The van der Waals surface area contributed by atoms with E-state index in [9.17, 15) is 0 Å². The second-order valence-corrected chi connectivity index (χ2v) is 4.60. The average Bonchev–Trinajstić information content (AvgIpc) is 2.97. The minimum absolute atomic E-state index is 0.117.